The Labute approximate surface area is 198 Å². The van der Waals surface area contributed by atoms with Crippen LogP contribution in [0.3, 0.4) is 0 Å². The van der Waals surface area contributed by atoms with Crippen molar-refractivity contribution in [3.8, 4) is 22.6 Å². The number of nitrogens with zero attached hydrogens (tertiary/aromatic N) is 4. The van der Waals surface area contributed by atoms with Gasteiger partial charge < -0.3 is 9.84 Å². The van der Waals surface area contributed by atoms with Crippen molar-refractivity contribution in [3.63, 3.8) is 0 Å². The normalized spacial score (nSPS) is 11.1. The van der Waals surface area contributed by atoms with Gasteiger partial charge >= 0.3 is 0 Å². The molecule has 3 aromatic heterocycles. The quantitative estimate of drug-likeness (QED) is 0.381. The Kier molecular flexibility index (Phi) is 5.77. The number of thiophene rings is 1. The van der Waals surface area contributed by atoms with E-state index in [0.717, 1.165) is 16.7 Å². The molecule has 0 atom stereocenters. The lowest BCUT2D eigenvalue weighted by atomic mass is 10.1. The Morgan fingerprint density at radius 3 is 2.71 bits per heavy atom. The molecule has 0 aliphatic rings. The van der Waals surface area contributed by atoms with Gasteiger partial charge in [-0.05, 0) is 37.6 Å². The molecule has 8 nitrogen and oxygen atoms in total. The summed E-state index contributed by atoms with van der Waals surface area (Å²) in [5, 5.41) is 9.19. The molecule has 3 heterocycles. The fourth-order valence-electron chi connectivity index (χ4n) is 3.66. The van der Waals surface area contributed by atoms with Crippen molar-refractivity contribution in [1.29, 1.82) is 0 Å². The van der Waals surface area contributed by atoms with E-state index in [4.69, 9.17) is 4.52 Å². The average molecular weight is 472 g/mol. The van der Waals surface area contributed by atoms with Crippen LogP contribution < -0.4 is 10.9 Å². The molecule has 5 aromatic rings. The summed E-state index contributed by atoms with van der Waals surface area (Å²) < 4.78 is 6.68. The molecular weight excluding hydrogens is 450 g/mol. The van der Waals surface area contributed by atoms with E-state index in [0.29, 0.717) is 33.2 Å². The van der Waals surface area contributed by atoms with E-state index in [2.05, 4.69) is 20.4 Å². The van der Waals surface area contributed by atoms with Gasteiger partial charge in [0, 0.05) is 35.2 Å². The molecule has 2 aromatic carbocycles. The Bertz CT molecular complexity index is 1550. The second kappa shape index (κ2) is 9.03. The number of carbonyl (C=O) groups is 1. The fraction of sp³-hybridized carbons (Fsp3) is 0.160. The Hall–Kier alpha value is -4.11. The van der Waals surface area contributed by atoms with Gasteiger partial charge in [-0.25, -0.2) is 4.98 Å². The lowest BCUT2D eigenvalue weighted by Crippen LogP contribution is -2.23. The van der Waals surface area contributed by atoms with E-state index in [1.165, 1.54) is 22.2 Å². The zero-order valence-corrected chi connectivity index (χ0v) is 19.4. The first-order chi connectivity index (χ1) is 16.5. The largest absolute Gasteiger partial charge is 0.334 e. The van der Waals surface area contributed by atoms with Gasteiger partial charge in [0.25, 0.3) is 11.4 Å². The molecule has 9 heteroatoms. The van der Waals surface area contributed by atoms with E-state index in [-0.39, 0.29) is 24.4 Å². The Morgan fingerprint density at radius 1 is 1.12 bits per heavy atom. The number of anilines is 1. The number of benzene rings is 2. The maximum absolute atomic E-state index is 13.2. The van der Waals surface area contributed by atoms with Gasteiger partial charge in [-0.1, -0.05) is 41.1 Å². The van der Waals surface area contributed by atoms with Crippen LogP contribution in [0.25, 0.3) is 32.8 Å². The summed E-state index contributed by atoms with van der Waals surface area (Å²) >= 11 is 1.44. The topological polar surface area (TPSA) is 103 Å². The van der Waals surface area contributed by atoms with Crippen molar-refractivity contribution >= 4 is 33.1 Å². The summed E-state index contributed by atoms with van der Waals surface area (Å²) in [4.78, 5) is 35.1. The molecule has 0 aliphatic carbocycles. The number of aryl methyl sites for hydroxylation is 3. The summed E-state index contributed by atoms with van der Waals surface area (Å²) in [6, 6.07) is 15.2. The van der Waals surface area contributed by atoms with Crippen molar-refractivity contribution in [2.24, 2.45) is 0 Å². The van der Waals surface area contributed by atoms with Crippen LogP contribution in [-0.2, 0) is 11.3 Å². The van der Waals surface area contributed by atoms with Crippen LogP contribution >= 0.6 is 11.3 Å². The summed E-state index contributed by atoms with van der Waals surface area (Å²) in [5.41, 5.74) is 4.17. The second-order valence-corrected chi connectivity index (χ2v) is 8.82. The third-order valence-corrected chi connectivity index (χ3v) is 6.31. The number of hydrogen-bond donors (Lipinski definition) is 1. The number of fused-ring (bicyclic) bond motifs is 1. The maximum atomic E-state index is 13.2. The summed E-state index contributed by atoms with van der Waals surface area (Å²) in [6.07, 6.45) is 1.63. The molecule has 0 radical (unpaired) electrons. The van der Waals surface area contributed by atoms with Crippen LogP contribution in [0, 0.1) is 13.8 Å². The molecule has 1 amide bonds. The van der Waals surface area contributed by atoms with Crippen LogP contribution in [0.5, 0.6) is 0 Å². The molecule has 170 valence electrons. The lowest BCUT2D eigenvalue weighted by molar-refractivity contribution is -0.116. The number of carbonyl (C=O) groups excluding carboxylic acids is 1. The fourth-order valence-corrected chi connectivity index (χ4v) is 4.57. The van der Waals surface area contributed by atoms with Gasteiger partial charge in [0.05, 0.1) is 11.7 Å². The highest BCUT2D eigenvalue weighted by atomic mass is 32.1. The third kappa shape index (κ3) is 4.38. The van der Waals surface area contributed by atoms with Gasteiger partial charge in [-0.3, -0.25) is 14.2 Å². The summed E-state index contributed by atoms with van der Waals surface area (Å²) in [7, 11) is 0. The first-order valence-corrected chi connectivity index (χ1v) is 11.6. The molecule has 0 spiro atoms. The first-order valence-electron chi connectivity index (χ1n) is 10.7. The zero-order chi connectivity index (χ0) is 23.7. The molecule has 0 saturated carbocycles. The average Bonchev–Trinajstić information content (AvgIpc) is 3.46. The Balaban J connectivity index is 1.32. The number of aromatic nitrogens is 4. The van der Waals surface area contributed by atoms with Crippen molar-refractivity contribution in [1.82, 2.24) is 19.7 Å². The third-order valence-electron chi connectivity index (χ3n) is 5.42. The number of amides is 1. The lowest BCUT2D eigenvalue weighted by Gasteiger charge is -2.08. The zero-order valence-electron chi connectivity index (χ0n) is 18.6. The minimum Gasteiger partial charge on any atom is -0.334 e. The number of rotatable bonds is 6. The van der Waals surface area contributed by atoms with Crippen LogP contribution in [0.15, 0.2) is 69.6 Å². The van der Waals surface area contributed by atoms with Gasteiger partial charge in [-0.2, -0.15) is 4.98 Å². The van der Waals surface area contributed by atoms with Crippen molar-refractivity contribution in [3.05, 3.63) is 82.0 Å². The molecule has 34 heavy (non-hydrogen) atoms. The van der Waals surface area contributed by atoms with E-state index in [1.807, 2.05) is 42.6 Å². The first kappa shape index (κ1) is 21.7. The van der Waals surface area contributed by atoms with Gasteiger partial charge in [0.15, 0.2) is 5.82 Å². The highest BCUT2D eigenvalue weighted by molar-refractivity contribution is 7.17. The number of nitrogens with one attached hydrogen (secondary N) is 1. The molecule has 0 bridgehead atoms. The predicted molar refractivity (Wildman–Crippen MR) is 132 cm³/mol. The molecule has 0 fully saturated rings. The minimum atomic E-state index is -0.213. The molecule has 0 saturated heterocycles. The van der Waals surface area contributed by atoms with Gasteiger partial charge in [0.1, 0.15) is 4.83 Å². The van der Waals surface area contributed by atoms with Crippen LogP contribution in [0.1, 0.15) is 17.8 Å². The van der Waals surface area contributed by atoms with E-state index in [1.54, 1.807) is 25.1 Å². The summed E-state index contributed by atoms with van der Waals surface area (Å²) in [6.45, 7) is 3.99. The maximum Gasteiger partial charge on any atom is 0.262 e. The molecule has 5 rings (SSSR count). The van der Waals surface area contributed by atoms with Crippen molar-refractivity contribution in [2.75, 3.05) is 5.32 Å². The minimum absolute atomic E-state index is 0.126. The van der Waals surface area contributed by atoms with Crippen molar-refractivity contribution in [2.45, 2.75) is 26.8 Å². The SMILES string of the molecule is Cc1ccc(-c2csc3ncn(CCC(=O)Nc4cccc(-c5nc(C)no5)c4)c(=O)c23)cc1. The van der Waals surface area contributed by atoms with Crippen LogP contribution in [0.2, 0.25) is 0 Å². The van der Waals surface area contributed by atoms with Crippen LogP contribution in [0.4, 0.5) is 5.69 Å². The van der Waals surface area contributed by atoms with Crippen LogP contribution in [-0.4, -0.2) is 25.6 Å². The second-order valence-electron chi connectivity index (χ2n) is 7.96. The summed E-state index contributed by atoms with van der Waals surface area (Å²) in [5.74, 6) is 0.714. The smallest absolute Gasteiger partial charge is 0.262 e. The molecule has 0 unspecified atom stereocenters. The Morgan fingerprint density at radius 2 is 1.94 bits per heavy atom. The molecular formula is C25H21N5O3S. The standard InChI is InChI=1S/C25H21N5O3S/c1-15-6-8-17(9-7-15)20-13-34-24-22(20)25(32)30(14-26-24)11-10-21(31)28-19-5-3-4-18(12-19)23-27-16(2)29-33-23/h3-9,12-14H,10-11H2,1-2H3,(H,28,31). The predicted octanol–water partition coefficient (Wildman–Crippen LogP) is 4.82. The van der Waals surface area contributed by atoms with Gasteiger partial charge in [-0.15, -0.1) is 11.3 Å². The van der Waals surface area contributed by atoms with Gasteiger partial charge in [0.2, 0.25) is 5.91 Å². The highest BCUT2D eigenvalue weighted by Gasteiger charge is 2.14. The highest BCUT2D eigenvalue weighted by Crippen LogP contribution is 2.30. The van der Waals surface area contributed by atoms with E-state index >= 15 is 0 Å². The molecule has 0 aliphatic heterocycles. The monoisotopic (exact) mass is 471 g/mol. The molecule has 1 N–H and O–H groups in total. The van der Waals surface area contributed by atoms with Crippen molar-refractivity contribution < 1.29 is 9.32 Å². The number of hydrogen-bond acceptors (Lipinski definition) is 7. The van der Waals surface area contributed by atoms with E-state index < -0.39 is 0 Å². The van der Waals surface area contributed by atoms with E-state index in [9.17, 15) is 9.59 Å².